The van der Waals surface area contributed by atoms with E-state index in [4.69, 9.17) is 16.3 Å². The van der Waals surface area contributed by atoms with Crippen LogP contribution in [0.1, 0.15) is 31.2 Å². The zero-order valence-corrected chi connectivity index (χ0v) is 12.9. The van der Waals surface area contributed by atoms with Crippen molar-refractivity contribution in [2.24, 2.45) is 5.73 Å². The number of rotatable bonds is 5. The number of amides is 1. The van der Waals surface area contributed by atoms with Crippen molar-refractivity contribution in [3.05, 3.63) is 23.9 Å². The van der Waals surface area contributed by atoms with E-state index in [1.54, 1.807) is 17.0 Å². The normalized spacial score (nSPS) is 18.6. The Labute approximate surface area is 135 Å². The zero-order valence-electron chi connectivity index (χ0n) is 12.9. The lowest BCUT2D eigenvalue weighted by Crippen LogP contribution is -2.50. The number of nitriles is 2. The Bertz CT molecular complexity index is 615. The second-order valence-electron chi connectivity index (χ2n) is 5.54. The van der Waals surface area contributed by atoms with Crippen molar-refractivity contribution < 1.29 is 4.79 Å². The monoisotopic (exact) mass is 312 g/mol. The van der Waals surface area contributed by atoms with Crippen molar-refractivity contribution in [1.29, 1.82) is 10.5 Å². The highest BCUT2D eigenvalue weighted by Gasteiger charge is 2.29. The number of nitrogens with zero attached hydrogens (tertiary/aromatic N) is 4. The molecule has 0 aromatic carbocycles. The lowest BCUT2D eigenvalue weighted by atomic mass is 10.0. The number of aromatic nitrogens is 1. The number of hydrogen-bond donors (Lipinski definition) is 2. The third kappa shape index (κ3) is 4.41. The molecule has 23 heavy (non-hydrogen) atoms. The van der Waals surface area contributed by atoms with Crippen molar-refractivity contribution in [1.82, 2.24) is 9.88 Å². The highest BCUT2D eigenvalue weighted by molar-refractivity contribution is 5.82. The number of carbonyl (C=O) groups is 1. The number of carbonyl (C=O) groups excluding carboxylic acids is 1. The summed E-state index contributed by atoms with van der Waals surface area (Å²) in [7, 11) is 0. The number of nitrogens with two attached hydrogens (primary N) is 1. The van der Waals surface area contributed by atoms with Gasteiger partial charge in [0.15, 0.2) is 0 Å². The topological polar surface area (TPSA) is 119 Å². The molecule has 1 saturated heterocycles. The van der Waals surface area contributed by atoms with Gasteiger partial charge in [0.2, 0.25) is 5.91 Å². The molecule has 1 aromatic heterocycles. The average Bonchev–Trinajstić information content (AvgIpc) is 2.61. The Morgan fingerprint density at radius 2 is 2.30 bits per heavy atom. The van der Waals surface area contributed by atoms with Crippen LogP contribution in [0.4, 0.5) is 5.82 Å². The molecule has 2 rings (SSSR count). The predicted molar refractivity (Wildman–Crippen MR) is 85.0 cm³/mol. The molecule has 2 unspecified atom stereocenters. The van der Waals surface area contributed by atoms with E-state index in [9.17, 15) is 4.79 Å². The minimum atomic E-state index is -0.630. The smallest absolute Gasteiger partial charge is 0.240 e. The van der Waals surface area contributed by atoms with Gasteiger partial charge in [-0.05, 0) is 37.8 Å². The first-order valence-corrected chi connectivity index (χ1v) is 7.71. The maximum absolute atomic E-state index is 12.4. The van der Waals surface area contributed by atoms with Crippen molar-refractivity contribution >= 4 is 11.7 Å². The van der Waals surface area contributed by atoms with Crippen LogP contribution in [0.5, 0.6) is 0 Å². The number of likely N-dealkylation sites (tertiary alicyclic amines) is 1. The second-order valence-corrected chi connectivity index (χ2v) is 5.54. The first-order valence-electron chi connectivity index (χ1n) is 7.71. The van der Waals surface area contributed by atoms with E-state index in [1.165, 1.54) is 6.20 Å². The Morgan fingerprint density at radius 1 is 1.48 bits per heavy atom. The standard InChI is InChI=1S/C16H20N6O/c17-9-12-4-5-15(21-11-12)20-7-6-14(19)16(23)22-8-2-1-3-13(22)10-18/h4-5,11,13-14H,1-3,6-8,19H2,(H,20,21). The van der Waals surface area contributed by atoms with E-state index in [0.717, 1.165) is 19.3 Å². The van der Waals surface area contributed by atoms with Gasteiger partial charge < -0.3 is 16.0 Å². The largest absolute Gasteiger partial charge is 0.370 e. The maximum atomic E-state index is 12.4. The van der Waals surface area contributed by atoms with Gasteiger partial charge in [-0.15, -0.1) is 0 Å². The van der Waals surface area contributed by atoms with Crippen LogP contribution in [0.2, 0.25) is 0 Å². The van der Waals surface area contributed by atoms with Gasteiger partial charge in [-0.1, -0.05) is 0 Å². The highest BCUT2D eigenvalue weighted by Crippen LogP contribution is 2.17. The Balaban J connectivity index is 1.81. The van der Waals surface area contributed by atoms with Gasteiger partial charge in [-0.25, -0.2) is 4.98 Å². The molecular weight excluding hydrogens is 292 g/mol. The summed E-state index contributed by atoms with van der Waals surface area (Å²) in [6.45, 7) is 1.10. The molecule has 0 aliphatic carbocycles. The first kappa shape index (κ1) is 16.7. The molecule has 120 valence electrons. The van der Waals surface area contributed by atoms with Crippen molar-refractivity contribution in [2.45, 2.75) is 37.8 Å². The zero-order chi connectivity index (χ0) is 16.7. The maximum Gasteiger partial charge on any atom is 0.240 e. The summed E-state index contributed by atoms with van der Waals surface area (Å²) in [6.07, 6.45) is 4.56. The summed E-state index contributed by atoms with van der Waals surface area (Å²) in [4.78, 5) is 18.1. The SMILES string of the molecule is N#Cc1ccc(NCCC(N)C(=O)N2CCCCC2C#N)nc1. The predicted octanol–water partition coefficient (Wildman–Crippen LogP) is 0.987. The van der Waals surface area contributed by atoms with Gasteiger partial charge in [0, 0.05) is 19.3 Å². The molecule has 0 bridgehead atoms. The number of hydrogen-bond acceptors (Lipinski definition) is 6. The summed E-state index contributed by atoms with van der Waals surface area (Å²) in [5.41, 5.74) is 6.47. The third-order valence-electron chi connectivity index (χ3n) is 3.91. The highest BCUT2D eigenvalue weighted by atomic mass is 16.2. The van der Waals surface area contributed by atoms with Gasteiger partial charge in [0.25, 0.3) is 0 Å². The molecule has 1 fully saturated rings. The van der Waals surface area contributed by atoms with E-state index in [1.807, 2.05) is 6.07 Å². The molecule has 1 aliphatic rings. The summed E-state index contributed by atoms with van der Waals surface area (Å²) in [5.74, 6) is 0.474. The molecule has 1 aromatic rings. The summed E-state index contributed by atoms with van der Waals surface area (Å²) < 4.78 is 0. The minimum absolute atomic E-state index is 0.161. The van der Waals surface area contributed by atoms with Crippen LogP contribution < -0.4 is 11.1 Å². The molecule has 7 heteroatoms. The van der Waals surface area contributed by atoms with E-state index < -0.39 is 6.04 Å². The van der Waals surface area contributed by atoms with Gasteiger partial charge in [0.05, 0.1) is 17.7 Å². The summed E-state index contributed by atoms with van der Waals surface area (Å²) in [6, 6.07) is 6.58. The Kier molecular flexibility index (Phi) is 5.90. The van der Waals surface area contributed by atoms with E-state index in [-0.39, 0.29) is 11.9 Å². The first-order chi connectivity index (χ1) is 11.2. The second kappa shape index (κ2) is 8.11. The van der Waals surface area contributed by atoms with Gasteiger partial charge in [-0.3, -0.25) is 4.79 Å². The average molecular weight is 312 g/mol. The van der Waals surface area contributed by atoms with E-state index >= 15 is 0 Å². The van der Waals surface area contributed by atoms with Crippen LogP contribution in [0.25, 0.3) is 0 Å². The Morgan fingerprint density at radius 3 is 2.96 bits per heavy atom. The Hall–Kier alpha value is -2.64. The quantitative estimate of drug-likeness (QED) is 0.836. The van der Waals surface area contributed by atoms with Crippen LogP contribution in [0.3, 0.4) is 0 Å². The fourth-order valence-electron chi connectivity index (χ4n) is 2.59. The number of pyridine rings is 1. The lowest BCUT2D eigenvalue weighted by Gasteiger charge is -2.33. The molecule has 2 heterocycles. The van der Waals surface area contributed by atoms with Crippen molar-refractivity contribution in [3.63, 3.8) is 0 Å². The van der Waals surface area contributed by atoms with Crippen molar-refractivity contribution in [3.8, 4) is 12.1 Å². The lowest BCUT2D eigenvalue weighted by molar-refractivity contribution is -0.135. The fourth-order valence-corrected chi connectivity index (χ4v) is 2.59. The van der Waals surface area contributed by atoms with Crippen LogP contribution in [0, 0.1) is 22.7 Å². The molecule has 2 atom stereocenters. The molecule has 0 saturated carbocycles. The van der Waals surface area contributed by atoms with Crippen molar-refractivity contribution in [2.75, 3.05) is 18.4 Å². The number of nitrogens with one attached hydrogen (secondary N) is 1. The fraction of sp³-hybridized carbons (Fsp3) is 0.500. The molecule has 0 spiro atoms. The van der Waals surface area contributed by atoms with E-state index in [2.05, 4.69) is 16.4 Å². The van der Waals surface area contributed by atoms with Crippen LogP contribution >= 0.6 is 0 Å². The van der Waals surface area contributed by atoms with E-state index in [0.29, 0.717) is 30.9 Å². The number of anilines is 1. The minimum Gasteiger partial charge on any atom is -0.370 e. The summed E-state index contributed by atoms with van der Waals surface area (Å²) >= 11 is 0. The van der Waals surface area contributed by atoms with Gasteiger partial charge in [-0.2, -0.15) is 10.5 Å². The molecule has 0 radical (unpaired) electrons. The van der Waals surface area contributed by atoms with Crippen LogP contribution in [-0.4, -0.2) is 41.0 Å². The van der Waals surface area contributed by atoms with Crippen LogP contribution in [-0.2, 0) is 4.79 Å². The molecular formula is C16H20N6O. The summed E-state index contributed by atoms with van der Waals surface area (Å²) in [5, 5.41) is 20.9. The van der Waals surface area contributed by atoms with Crippen LogP contribution in [0.15, 0.2) is 18.3 Å². The third-order valence-corrected chi connectivity index (χ3v) is 3.91. The van der Waals surface area contributed by atoms with Gasteiger partial charge >= 0.3 is 0 Å². The molecule has 1 amide bonds. The number of piperidine rings is 1. The molecule has 7 nitrogen and oxygen atoms in total. The molecule has 3 N–H and O–H groups in total. The molecule has 1 aliphatic heterocycles. The van der Waals surface area contributed by atoms with Gasteiger partial charge in [0.1, 0.15) is 17.9 Å².